The molecular formula is C22H24FN5O2S. The van der Waals surface area contributed by atoms with E-state index in [-0.39, 0.29) is 17.8 Å². The smallest absolute Gasteiger partial charge is 0.263 e. The molecule has 31 heavy (non-hydrogen) atoms. The van der Waals surface area contributed by atoms with Crippen LogP contribution in [0.25, 0.3) is 10.2 Å². The lowest BCUT2D eigenvalue weighted by Crippen LogP contribution is -2.44. The van der Waals surface area contributed by atoms with Crippen molar-refractivity contribution in [1.29, 1.82) is 0 Å². The van der Waals surface area contributed by atoms with Crippen LogP contribution in [-0.4, -0.2) is 49.7 Å². The van der Waals surface area contributed by atoms with E-state index in [1.165, 1.54) is 17.4 Å². The summed E-state index contributed by atoms with van der Waals surface area (Å²) in [6.45, 7) is 5.42. The number of aryl methyl sites for hydroxylation is 1. The van der Waals surface area contributed by atoms with Crippen molar-refractivity contribution in [2.75, 3.05) is 43.4 Å². The van der Waals surface area contributed by atoms with Gasteiger partial charge in [0.15, 0.2) is 0 Å². The van der Waals surface area contributed by atoms with Crippen molar-refractivity contribution in [3.05, 3.63) is 46.2 Å². The van der Waals surface area contributed by atoms with E-state index in [1.807, 2.05) is 24.0 Å². The van der Waals surface area contributed by atoms with Crippen LogP contribution in [0.3, 0.4) is 0 Å². The second kappa shape index (κ2) is 7.97. The Morgan fingerprint density at radius 3 is 2.97 bits per heavy atom. The first-order valence-electron chi connectivity index (χ1n) is 10.4. The zero-order valence-corrected chi connectivity index (χ0v) is 18.0. The van der Waals surface area contributed by atoms with Crippen LogP contribution in [0.5, 0.6) is 5.75 Å². The summed E-state index contributed by atoms with van der Waals surface area (Å²) in [6, 6.07) is 6.82. The summed E-state index contributed by atoms with van der Waals surface area (Å²) >= 11 is 1.28. The molecule has 1 atom stereocenters. The maximum Gasteiger partial charge on any atom is 0.263 e. The lowest BCUT2D eigenvalue weighted by atomic mass is 10.0. The van der Waals surface area contributed by atoms with E-state index in [0.717, 1.165) is 47.7 Å². The monoisotopic (exact) mass is 441 g/mol. The van der Waals surface area contributed by atoms with Gasteiger partial charge in [-0.05, 0) is 37.1 Å². The van der Waals surface area contributed by atoms with Gasteiger partial charge in [0, 0.05) is 43.3 Å². The Labute approximate surface area is 183 Å². The molecule has 0 spiro atoms. The van der Waals surface area contributed by atoms with Crippen molar-refractivity contribution in [1.82, 2.24) is 15.6 Å². The van der Waals surface area contributed by atoms with E-state index >= 15 is 0 Å². The SMILES string of the molecule is Cc1ccc2c(N)c(C(=O)N[C@H]3COc4cc(N5CCNCC5)c(F)cc4C3)sc2n1. The molecule has 1 saturated heterocycles. The number of amides is 1. The van der Waals surface area contributed by atoms with Gasteiger partial charge in [0.25, 0.3) is 5.91 Å². The van der Waals surface area contributed by atoms with E-state index in [9.17, 15) is 9.18 Å². The third-order valence-electron chi connectivity index (χ3n) is 5.77. The van der Waals surface area contributed by atoms with E-state index in [4.69, 9.17) is 10.5 Å². The number of thiophene rings is 1. The quantitative estimate of drug-likeness (QED) is 0.578. The highest BCUT2D eigenvalue weighted by Crippen LogP contribution is 2.34. The largest absolute Gasteiger partial charge is 0.491 e. The average molecular weight is 442 g/mol. The number of halogens is 1. The number of carbonyl (C=O) groups excluding carboxylic acids is 1. The summed E-state index contributed by atoms with van der Waals surface area (Å²) in [6.07, 6.45) is 0.502. The molecule has 1 aromatic carbocycles. The Morgan fingerprint density at radius 1 is 1.35 bits per heavy atom. The molecule has 1 fully saturated rings. The van der Waals surface area contributed by atoms with Gasteiger partial charge in [-0.25, -0.2) is 9.37 Å². The maximum absolute atomic E-state index is 14.8. The Hall–Kier alpha value is -2.91. The van der Waals surface area contributed by atoms with Gasteiger partial charge in [0.1, 0.15) is 27.9 Å². The molecule has 1 amide bonds. The first-order valence-corrected chi connectivity index (χ1v) is 11.2. The van der Waals surface area contributed by atoms with Crippen LogP contribution in [0, 0.1) is 12.7 Å². The molecule has 2 aromatic heterocycles. The number of carbonyl (C=O) groups is 1. The molecule has 0 saturated carbocycles. The summed E-state index contributed by atoms with van der Waals surface area (Å²) in [5.41, 5.74) is 8.84. The number of fused-ring (bicyclic) bond motifs is 2. The molecule has 0 radical (unpaired) electrons. The standard InChI is InChI=1S/C22H24FN5O2S/c1-12-2-3-15-19(24)20(31-22(15)26-12)21(29)27-14-8-13-9-16(23)17(10-18(13)30-11-14)28-6-4-25-5-7-28/h2-3,9-10,14,25H,4-8,11,24H2,1H3,(H,27,29)/t14-/m1/s1. The van der Waals surface area contributed by atoms with E-state index in [0.29, 0.717) is 35.0 Å². The van der Waals surface area contributed by atoms with Crippen molar-refractivity contribution in [2.45, 2.75) is 19.4 Å². The summed E-state index contributed by atoms with van der Waals surface area (Å²) in [5.74, 6) is 0.168. The number of anilines is 2. The van der Waals surface area contributed by atoms with Crippen LogP contribution in [0.1, 0.15) is 20.9 Å². The fourth-order valence-electron chi connectivity index (χ4n) is 4.14. The van der Waals surface area contributed by atoms with Crippen molar-refractivity contribution < 1.29 is 13.9 Å². The van der Waals surface area contributed by atoms with Gasteiger partial charge in [-0.1, -0.05) is 0 Å². The molecular weight excluding hydrogens is 417 g/mol. The number of nitrogens with zero attached hydrogens (tertiary/aromatic N) is 2. The summed E-state index contributed by atoms with van der Waals surface area (Å²) in [7, 11) is 0. The third kappa shape index (κ3) is 3.79. The Morgan fingerprint density at radius 2 is 2.16 bits per heavy atom. The second-order valence-electron chi connectivity index (χ2n) is 7.98. The van der Waals surface area contributed by atoms with Crippen molar-refractivity contribution in [2.24, 2.45) is 0 Å². The third-order valence-corrected chi connectivity index (χ3v) is 6.88. The molecule has 4 N–H and O–H groups in total. The van der Waals surface area contributed by atoms with Gasteiger partial charge in [0.2, 0.25) is 0 Å². The molecule has 5 rings (SSSR count). The number of ether oxygens (including phenoxy) is 1. The molecule has 0 aliphatic carbocycles. The number of nitrogens with one attached hydrogen (secondary N) is 2. The Balaban J connectivity index is 1.32. The number of hydrogen-bond donors (Lipinski definition) is 3. The number of hydrogen-bond acceptors (Lipinski definition) is 7. The highest BCUT2D eigenvalue weighted by molar-refractivity contribution is 7.21. The van der Waals surface area contributed by atoms with Crippen molar-refractivity contribution in [3.63, 3.8) is 0 Å². The van der Waals surface area contributed by atoms with Crippen LogP contribution < -0.4 is 26.0 Å². The lowest BCUT2D eigenvalue weighted by molar-refractivity contribution is 0.0920. The minimum absolute atomic E-state index is 0.256. The van der Waals surface area contributed by atoms with Gasteiger partial charge in [-0.2, -0.15) is 0 Å². The number of rotatable bonds is 3. The van der Waals surface area contributed by atoms with Crippen LogP contribution in [-0.2, 0) is 6.42 Å². The molecule has 3 aromatic rings. The maximum atomic E-state index is 14.8. The molecule has 7 nitrogen and oxygen atoms in total. The van der Waals surface area contributed by atoms with Crippen molar-refractivity contribution >= 4 is 38.8 Å². The summed E-state index contributed by atoms with van der Waals surface area (Å²) in [5, 5.41) is 7.04. The topological polar surface area (TPSA) is 92.5 Å². The fourth-order valence-corrected chi connectivity index (χ4v) is 5.18. The number of pyridine rings is 1. The van der Waals surface area contributed by atoms with Crippen LogP contribution in [0.2, 0.25) is 0 Å². The predicted octanol–water partition coefficient (Wildman–Crippen LogP) is 2.47. The molecule has 0 bridgehead atoms. The molecule has 2 aliphatic heterocycles. The average Bonchev–Trinajstić information content (AvgIpc) is 3.09. The highest BCUT2D eigenvalue weighted by atomic mass is 32.1. The van der Waals surface area contributed by atoms with Gasteiger partial charge in [0.05, 0.1) is 17.4 Å². The summed E-state index contributed by atoms with van der Waals surface area (Å²) < 4.78 is 20.7. The van der Waals surface area contributed by atoms with Crippen molar-refractivity contribution in [3.8, 4) is 5.75 Å². The summed E-state index contributed by atoms with van der Waals surface area (Å²) in [4.78, 5) is 20.6. The van der Waals surface area contributed by atoms with E-state index in [2.05, 4.69) is 15.6 Å². The van der Waals surface area contributed by atoms with Gasteiger partial charge >= 0.3 is 0 Å². The molecule has 162 valence electrons. The van der Waals surface area contributed by atoms with Gasteiger partial charge in [-0.3, -0.25) is 4.79 Å². The number of aromatic nitrogens is 1. The first kappa shape index (κ1) is 20.0. The highest BCUT2D eigenvalue weighted by Gasteiger charge is 2.27. The lowest BCUT2D eigenvalue weighted by Gasteiger charge is -2.32. The number of benzene rings is 1. The van der Waals surface area contributed by atoms with E-state index in [1.54, 1.807) is 6.07 Å². The van der Waals surface area contributed by atoms with Crippen LogP contribution in [0.15, 0.2) is 24.3 Å². The zero-order chi connectivity index (χ0) is 21.5. The Bertz CT molecular complexity index is 1160. The minimum Gasteiger partial charge on any atom is -0.491 e. The van der Waals surface area contributed by atoms with Crippen LogP contribution >= 0.6 is 11.3 Å². The van der Waals surface area contributed by atoms with E-state index < -0.39 is 0 Å². The predicted molar refractivity (Wildman–Crippen MR) is 121 cm³/mol. The van der Waals surface area contributed by atoms with Gasteiger partial charge < -0.3 is 26.0 Å². The number of nitrogen functional groups attached to an aromatic ring is 1. The Kier molecular flexibility index (Phi) is 5.15. The fraction of sp³-hybridized carbons (Fsp3) is 0.364. The van der Waals surface area contributed by atoms with Crippen LogP contribution in [0.4, 0.5) is 15.8 Å². The number of piperazine rings is 1. The molecule has 4 heterocycles. The molecule has 9 heteroatoms. The molecule has 2 aliphatic rings. The molecule has 0 unspecified atom stereocenters. The zero-order valence-electron chi connectivity index (χ0n) is 17.2. The van der Waals surface area contributed by atoms with Gasteiger partial charge in [-0.15, -0.1) is 11.3 Å². The first-order chi connectivity index (χ1) is 15.0. The number of nitrogens with two attached hydrogens (primary N) is 1. The second-order valence-corrected chi connectivity index (χ2v) is 8.98. The normalized spacial score (nSPS) is 18.5. The minimum atomic E-state index is -0.260.